The Morgan fingerprint density at radius 3 is 2.38 bits per heavy atom. The predicted octanol–water partition coefficient (Wildman–Crippen LogP) is 2.21. The van der Waals surface area contributed by atoms with Gasteiger partial charge in [0.25, 0.3) is 0 Å². The highest BCUT2D eigenvalue weighted by molar-refractivity contribution is 7.98. The lowest BCUT2D eigenvalue weighted by Crippen LogP contribution is -2.05. The van der Waals surface area contributed by atoms with Gasteiger partial charge in [0.15, 0.2) is 0 Å². The predicted molar refractivity (Wildman–Crippen MR) is 57.1 cm³/mol. The largest absolute Gasteiger partial charge is 0.383 e. The smallest absolute Gasteiger partial charge is 0.134 e. The van der Waals surface area contributed by atoms with E-state index in [0.29, 0.717) is 11.7 Å². The molecule has 0 spiro atoms. The van der Waals surface area contributed by atoms with Crippen molar-refractivity contribution in [3.63, 3.8) is 0 Å². The Labute approximate surface area is 83.2 Å². The SMILES string of the molecule is CSc1nc(C(C)C)nc(N)c1C. The molecule has 0 atom stereocenters. The fourth-order valence-electron chi connectivity index (χ4n) is 0.987. The molecule has 0 aliphatic rings. The van der Waals surface area contributed by atoms with E-state index in [2.05, 4.69) is 23.8 Å². The normalized spacial score (nSPS) is 10.8. The summed E-state index contributed by atoms with van der Waals surface area (Å²) in [6, 6.07) is 0. The van der Waals surface area contributed by atoms with Crippen LogP contribution in [0.1, 0.15) is 31.2 Å². The Kier molecular flexibility index (Phi) is 3.14. The number of anilines is 1. The number of aromatic nitrogens is 2. The van der Waals surface area contributed by atoms with Crippen LogP contribution in [0.2, 0.25) is 0 Å². The lowest BCUT2D eigenvalue weighted by molar-refractivity contribution is 0.751. The minimum atomic E-state index is 0.328. The van der Waals surface area contributed by atoms with Gasteiger partial charge in [-0.25, -0.2) is 9.97 Å². The zero-order valence-corrected chi connectivity index (χ0v) is 9.27. The molecule has 13 heavy (non-hydrogen) atoms. The van der Waals surface area contributed by atoms with E-state index >= 15 is 0 Å². The number of nitrogen functional groups attached to an aromatic ring is 1. The fourth-order valence-corrected chi connectivity index (χ4v) is 1.58. The second kappa shape index (κ2) is 3.96. The zero-order valence-electron chi connectivity index (χ0n) is 8.46. The summed E-state index contributed by atoms with van der Waals surface area (Å²) in [5.41, 5.74) is 6.75. The van der Waals surface area contributed by atoms with Crippen LogP contribution in [-0.4, -0.2) is 16.2 Å². The van der Waals surface area contributed by atoms with Crippen molar-refractivity contribution in [1.29, 1.82) is 0 Å². The average molecular weight is 197 g/mol. The van der Waals surface area contributed by atoms with Gasteiger partial charge in [-0.15, -0.1) is 11.8 Å². The van der Waals surface area contributed by atoms with Crippen LogP contribution in [0.25, 0.3) is 0 Å². The zero-order chi connectivity index (χ0) is 10.0. The van der Waals surface area contributed by atoms with Crippen LogP contribution in [-0.2, 0) is 0 Å². The van der Waals surface area contributed by atoms with E-state index in [4.69, 9.17) is 5.73 Å². The van der Waals surface area contributed by atoms with E-state index in [1.165, 1.54) is 0 Å². The van der Waals surface area contributed by atoms with Gasteiger partial charge in [0.05, 0.1) is 0 Å². The van der Waals surface area contributed by atoms with Crippen molar-refractivity contribution < 1.29 is 0 Å². The van der Waals surface area contributed by atoms with Crippen LogP contribution < -0.4 is 5.73 Å². The van der Waals surface area contributed by atoms with Gasteiger partial charge in [0.1, 0.15) is 16.7 Å². The fraction of sp³-hybridized carbons (Fsp3) is 0.556. The number of hydrogen-bond acceptors (Lipinski definition) is 4. The molecule has 72 valence electrons. The number of hydrogen-bond donors (Lipinski definition) is 1. The van der Waals surface area contributed by atoms with Crippen LogP contribution in [0.15, 0.2) is 5.03 Å². The summed E-state index contributed by atoms with van der Waals surface area (Å²) in [6.45, 7) is 6.08. The molecule has 1 aromatic rings. The van der Waals surface area contributed by atoms with E-state index in [9.17, 15) is 0 Å². The molecule has 0 radical (unpaired) electrons. The second-order valence-electron chi connectivity index (χ2n) is 3.26. The Bertz CT molecular complexity index is 310. The molecule has 1 aromatic heterocycles. The summed E-state index contributed by atoms with van der Waals surface area (Å²) in [5.74, 6) is 1.75. The van der Waals surface area contributed by atoms with Crippen molar-refractivity contribution >= 4 is 17.6 Å². The summed E-state index contributed by atoms with van der Waals surface area (Å²) < 4.78 is 0. The van der Waals surface area contributed by atoms with Gasteiger partial charge < -0.3 is 5.73 Å². The van der Waals surface area contributed by atoms with Crippen molar-refractivity contribution in [2.45, 2.75) is 31.7 Å². The first-order valence-electron chi connectivity index (χ1n) is 4.24. The van der Waals surface area contributed by atoms with Gasteiger partial charge >= 0.3 is 0 Å². The molecule has 0 aliphatic carbocycles. The first kappa shape index (κ1) is 10.3. The van der Waals surface area contributed by atoms with E-state index in [-0.39, 0.29) is 0 Å². The van der Waals surface area contributed by atoms with Crippen LogP contribution in [0.3, 0.4) is 0 Å². The standard InChI is InChI=1S/C9H15N3S/c1-5(2)8-11-7(10)6(3)9(12-8)13-4/h5H,1-4H3,(H2,10,11,12). The molecule has 1 rings (SSSR count). The van der Waals surface area contributed by atoms with Gasteiger partial charge in [-0.1, -0.05) is 13.8 Å². The highest BCUT2D eigenvalue weighted by Gasteiger charge is 2.09. The molecular formula is C9H15N3S. The topological polar surface area (TPSA) is 51.8 Å². The molecule has 3 nitrogen and oxygen atoms in total. The Balaban J connectivity index is 3.22. The number of nitrogens with zero attached hydrogens (tertiary/aromatic N) is 2. The van der Waals surface area contributed by atoms with E-state index in [0.717, 1.165) is 16.4 Å². The molecule has 0 amide bonds. The van der Waals surface area contributed by atoms with Gasteiger partial charge in [0.2, 0.25) is 0 Å². The quantitative estimate of drug-likeness (QED) is 0.583. The number of thioether (sulfide) groups is 1. The first-order chi connectivity index (χ1) is 6.06. The number of rotatable bonds is 2. The molecule has 0 saturated heterocycles. The van der Waals surface area contributed by atoms with Gasteiger partial charge in [-0.3, -0.25) is 0 Å². The summed E-state index contributed by atoms with van der Waals surface area (Å²) in [5, 5.41) is 0.983. The van der Waals surface area contributed by atoms with Crippen LogP contribution in [0, 0.1) is 6.92 Å². The first-order valence-corrected chi connectivity index (χ1v) is 5.46. The van der Waals surface area contributed by atoms with Crippen molar-refractivity contribution in [2.24, 2.45) is 0 Å². The minimum absolute atomic E-state index is 0.328. The monoisotopic (exact) mass is 197 g/mol. The Morgan fingerprint density at radius 1 is 1.31 bits per heavy atom. The van der Waals surface area contributed by atoms with Crippen LogP contribution >= 0.6 is 11.8 Å². The molecule has 0 saturated carbocycles. The van der Waals surface area contributed by atoms with Crippen molar-refractivity contribution in [3.8, 4) is 0 Å². The third-order valence-electron chi connectivity index (χ3n) is 1.87. The lowest BCUT2D eigenvalue weighted by Gasteiger charge is -2.09. The van der Waals surface area contributed by atoms with Gasteiger partial charge in [-0.2, -0.15) is 0 Å². The molecule has 0 fully saturated rings. The molecule has 0 bridgehead atoms. The third-order valence-corrected chi connectivity index (χ3v) is 2.65. The summed E-state index contributed by atoms with van der Waals surface area (Å²) in [7, 11) is 0. The molecule has 2 N–H and O–H groups in total. The van der Waals surface area contributed by atoms with E-state index < -0.39 is 0 Å². The highest BCUT2D eigenvalue weighted by Crippen LogP contribution is 2.23. The van der Waals surface area contributed by atoms with Crippen molar-refractivity contribution in [1.82, 2.24) is 9.97 Å². The van der Waals surface area contributed by atoms with Crippen LogP contribution in [0.5, 0.6) is 0 Å². The molecule has 0 aromatic carbocycles. The lowest BCUT2D eigenvalue weighted by atomic mass is 10.2. The summed E-state index contributed by atoms with van der Waals surface area (Å²) in [6.07, 6.45) is 2.00. The minimum Gasteiger partial charge on any atom is -0.383 e. The summed E-state index contributed by atoms with van der Waals surface area (Å²) >= 11 is 1.61. The Morgan fingerprint density at radius 2 is 1.92 bits per heavy atom. The number of nitrogens with two attached hydrogens (primary N) is 1. The average Bonchev–Trinajstić information content (AvgIpc) is 2.09. The molecule has 4 heteroatoms. The van der Waals surface area contributed by atoms with E-state index in [1.807, 2.05) is 13.2 Å². The molecule has 0 unspecified atom stereocenters. The van der Waals surface area contributed by atoms with Crippen molar-refractivity contribution in [3.05, 3.63) is 11.4 Å². The molecule has 1 heterocycles. The highest BCUT2D eigenvalue weighted by atomic mass is 32.2. The van der Waals surface area contributed by atoms with Gasteiger partial charge in [-0.05, 0) is 13.2 Å². The maximum Gasteiger partial charge on any atom is 0.134 e. The molecular weight excluding hydrogens is 182 g/mol. The van der Waals surface area contributed by atoms with Gasteiger partial charge in [0, 0.05) is 11.5 Å². The second-order valence-corrected chi connectivity index (χ2v) is 4.05. The summed E-state index contributed by atoms with van der Waals surface area (Å²) in [4.78, 5) is 8.66. The molecule has 0 aliphatic heterocycles. The van der Waals surface area contributed by atoms with E-state index in [1.54, 1.807) is 11.8 Å². The van der Waals surface area contributed by atoms with Crippen molar-refractivity contribution in [2.75, 3.05) is 12.0 Å². The van der Waals surface area contributed by atoms with Crippen LogP contribution in [0.4, 0.5) is 5.82 Å². The Hall–Kier alpha value is -0.770. The maximum absolute atomic E-state index is 5.77. The maximum atomic E-state index is 5.77. The third kappa shape index (κ3) is 2.12.